The molecule has 4 heteroatoms. The fraction of sp³-hybridized carbons (Fsp3) is 0.839. The number of carbonyl (C=O) groups excluding carboxylic acids is 3. The summed E-state index contributed by atoms with van der Waals surface area (Å²) in [5, 5.41) is 0. The van der Waals surface area contributed by atoms with Gasteiger partial charge in [0.15, 0.2) is 5.78 Å². The van der Waals surface area contributed by atoms with Gasteiger partial charge < -0.3 is 9.53 Å². The molecule has 0 amide bonds. The Morgan fingerprint density at radius 2 is 1.60 bits per heavy atom. The van der Waals surface area contributed by atoms with Gasteiger partial charge in [0, 0.05) is 11.8 Å². The van der Waals surface area contributed by atoms with Crippen molar-refractivity contribution < 1.29 is 19.1 Å². The summed E-state index contributed by atoms with van der Waals surface area (Å²) in [6.07, 6.45) is 12.2. The number of esters is 1. The molecule has 0 saturated heterocycles. The minimum absolute atomic E-state index is 0.0225. The molecule has 4 nitrogen and oxygen atoms in total. The molecule has 4 saturated carbocycles. The summed E-state index contributed by atoms with van der Waals surface area (Å²) in [6, 6.07) is 0. The van der Waals surface area contributed by atoms with Crippen LogP contribution in [0.25, 0.3) is 0 Å². The van der Waals surface area contributed by atoms with E-state index in [0.717, 1.165) is 51.4 Å². The number of ether oxygens (including phenoxy) is 1. The first-order valence-corrected chi connectivity index (χ1v) is 14.1. The number of fused-ring (bicyclic) bond motifs is 7. The average molecular weight is 483 g/mol. The normalized spacial score (nSPS) is 50.5. The Kier molecular flexibility index (Phi) is 5.60. The highest BCUT2D eigenvalue weighted by Crippen LogP contribution is 2.71. The zero-order valence-electron chi connectivity index (χ0n) is 23.0. The average Bonchev–Trinajstić information content (AvgIpc) is 2.78. The van der Waals surface area contributed by atoms with E-state index in [0.29, 0.717) is 17.6 Å². The van der Waals surface area contributed by atoms with E-state index in [1.54, 1.807) is 0 Å². The molecule has 1 unspecified atom stereocenters. The van der Waals surface area contributed by atoms with Gasteiger partial charge in [-0.2, -0.15) is 0 Å². The quantitative estimate of drug-likeness (QED) is 0.330. The van der Waals surface area contributed by atoms with Gasteiger partial charge in [-0.15, -0.1) is 0 Å². The van der Waals surface area contributed by atoms with Crippen molar-refractivity contribution >= 4 is 18.0 Å². The predicted molar refractivity (Wildman–Crippen MR) is 136 cm³/mol. The lowest BCUT2D eigenvalue weighted by atomic mass is 9.36. The van der Waals surface area contributed by atoms with Crippen LogP contribution in [0.15, 0.2) is 11.6 Å². The molecule has 0 aromatic rings. The standard InChI is InChI=1S/C31H46O4/c1-27(2)19(18-32)8-12-31(6)24(27)10-13-30(5)21-9-11-28(3)14-15-29(4,26(34)35-7)17-22(28)20(21)16-23(33)25(30)31/h16,18-19,21-22,24-25H,8-15,17H2,1-7H3/t19-,21?,22+,24+,25+,28+,29+,30+,31+/m1/s1. The molecule has 0 aliphatic heterocycles. The van der Waals surface area contributed by atoms with E-state index < -0.39 is 5.41 Å². The zero-order chi connectivity index (χ0) is 25.6. The Hall–Kier alpha value is -1.45. The van der Waals surface area contributed by atoms with Gasteiger partial charge in [-0.05, 0) is 110 Å². The molecule has 0 aromatic heterocycles. The molecule has 5 aliphatic rings. The molecule has 35 heavy (non-hydrogen) atoms. The number of carbonyl (C=O) groups is 3. The lowest BCUT2D eigenvalue weighted by Crippen LogP contribution is -2.63. The molecular weight excluding hydrogens is 436 g/mol. The molecule has 5 rings (SSSR count). The molecule has 0 N–H and O–H groups in total. The number of hydrogen-bond donors (Lipinski definition) is 0. The Bertz CT molecular complexity index is 978. The summed E-state index contributed by atoms with van der Waals surface area (Å²) in [7, 11) is 1.50. The molecule has 0 heterocycles. The lowest BCUT2D eigenvalue weighted by Gasteiger charge is -2.67. The molecule has 0 bridgehead atoms. The number of methoxy groups -OCH3 is 1. The van der Waals surface area contributed by atoms with Crippen LogP contribution in [0, 0.1) is 56.7 Å². The van der Waals surface area contributed by atoms with Crippen molar-refractivity contribution in [3.05, 3.63) is 11.6 Å². The summed E-state index contributed by atoms with van der Waals surface area (Å²) in [4.78, 5) is 38.9. The monoisotopic (exact) mass is 482 g/mol. The van der Waals surface area contributed by atoms with Crippen LogP contribution in [0.4, 0.5) is 0 Å². The van der Waals surface area contributed by atoms with Crippen LogP contribution in [0.1, 0.15) is 99.3 Å². The third-order valence-electron chi connectivity index (χ3n) is 12.7. The third-order valence-corrected chi connectivity index (χ3v) is 12.7. The van der Waals surface area contributed by atoms with Crippen molar-refractivity contribution in [1.82, 2.24) is 0 Å². The van der Waals surface area contributed by atoms with Crippen molar-refractivity contribution in [2.75, 3.05) is 7.11 Å². The molecule has 9 atom stereocenters. The second kappa shape index (κ2) is 7.78. The van der Waals surface area contributed by atoms with Crippen molar-refractivity contribution in [1.29, 1.82) is 0 Å². The molecule has 5 aliphatic carbocycles. The van der Waals surface area contributed by atoms with Crippen LogP contribution in [0.5, 0.6) is 0 Å². The summed E-state index contributed by atoms with van der Waals surface area (Å²) < 4.78 is 5.23. The highest BCUT2D eigenvalue weighted by molar-refractivity contribution is 5.95. The first kappa shape index (κ1) is 25.2. The minimum Gasteiger partial charge on any atom is -0.469 e. The van der Waals surface area contributed by atoms with Crippen LogP contribution in [-0.2, 0) is 19.1 Å². The summed E-state index contributed by atoms with van der Waals surface area (Å²) >= 11 is 0. The number of hydrogen-bond acceptors (Lipinski definition) is 4. The van der Waals surface area contributed by atoms with Crippen molar-refractivity contribution in [2.24, 2.45) is 56.7 Å². The number of rotatable bonds is 2. The highest BCUT2D eigenvalue weighted by atomic mass is 16.5. The Morgan fingerprint density at radius 3 is 2.26 bits per heavy atom. The van der Waals surface area contributed by atoms with Crippen LogP contribution >= 0.6 is 0 Å². The number of allylic oxidation sites excluding steroid dienone is 2. The van der Waals surface area contributed by atoms with Gasteiger partial charge in [0.25, 0.3) is 0 Å². The Balaban J connectivity index is 1.56. The topological polar surface area (TPSA) is 60.4 Å². The van der Waals surface area contributed by atoms with E-state index in [2.05, 4.69) is 47.6 Å². The van der Waals surface area contributed by atoms with Crippen molar-refractivity contribution in [3.8, 4) is 0 Å². The predicted octanol–water partition coefficient (Wildman–Crippen LogP) is 6.57. The minimum atomic E-state index is -0.469. The molecule has 0 aromatic carbocycles. The first-order chi connectivity index (χ1) is 16.3. The smallest absolute Gasteiger partial charge is 0.311 e. The van der Waals surface area contributed by atoms with Gasteiger partial charge in [0.05, 0.1) is 12.5 Å². The van der Waals surface area contributed by atoms with Gasteiger partial charge in [-0.25, -0.2) is 0 Å². The fourth-order valence-corrected chi connectivity index (χ4v) is 10.6. The van der Waals surface area contributed by atoms with Crippen LogP contribution in [0.3, 0.4) is 0 Å². The molecule has 0 spiro atoms. The second-order valence-electron chi connectivity index (χ2n) is 14.7. The van der Waals surface area contributed by atoms with Crippen LogP contribution < -0.4 is 0 Å². The van der Waals surface area contributed by atoms with E-state index in [9.17, 15) is 14.4 Å². The number of ketones is 1. The Morgan fingerprint density at radius 1 is 0.914 bits per heavy atom. The van der Waals surface area contributed by atoms with E-state index in [-0.39, 0.29) is 45.4 Å². The van der Waals surface area contributed by atoms with Crippen molar-refractivity contribution in [3.63, 3.8) is 0 Å². The maximum absolute atomic E-state index is 14.2. The van der Waals surface area contributed by atoms with E-state index in [4.69, 9.17) is 4.74 Å². The summed E-state index contributed by atoms with van der Waals surface area (Å²) in [5.41, 5.74) is 0.852. The van der Waals surface area contributed by atoms with Gasteiger partial charge in [0.1, 0.15) is 6.29 Å². The Labute approximate surface area is 212 Å². The largest absolute Gasteiger partial charge is 0.469 e. The number of aldehydes is 1. The van der Waals surface area contributed by atoms with E-state index >= 15 is 0 Å². The van der Waals surface area contributed by atoms with Crippen molar-refractivity contribution in [2.45, 2.75) is 99.3 Å². The third kappa shape index (κ3) is 3.26. The highest BCUT2D eigenvalue weighted by Gasteiger charge is 2.67. The van der Waals surface area contributed by atoms with Gasteiger partial charge >= 0.3 is 5.97 Å². The van der Waals surface area contributed by atoms with Gasteiger partial charge in [-0.1, -0.05) is 40.2 Å². The van der Waals surface area contributed by atoms with Crippen LogP contribution in [0.2, 0.25) is 0 Å². The summed E-state index contributed by atoms with van der Waals surface area (Å²) in [5.74, 6) is 1.40. The lowest BCUT2D eigenvalue weighted by molar-refractivity contribution is -0.178. The molecule has 4 fully saturated rings. The maximum Gasteiger partial charge on any atom is 0.311 e. The first-order valence-electron chi connectivity index (χ1n) is 14.1. The molecule has 194 valence electrons. The van der Waals surface area contributed by atoms with Crippen LogP contribution in [-0.4, -0.2) is 25.1 Å². The SMILES string of the molecule is COC(=O)[C@@]1(C)CC[C@]2(C)CCC3C(=CC(=O)[C@@H]4[C@@]5(C)CC[C@H](C=O)C(C)(C)[C@@H]5CC[C@@]34C)[C@@H]2C1. The van der Waals surface area contributed by atoms with E-state index in [1.807, 2.05) is 0 Å². The fourth-order valence-electron chi connectivity index (χ4n) is 10.6. The second-order valence-corrected chi connectivity index (χ2v) is 14.7. The maximum atomic E-state index is 14.2. The van der Waals surface area contributed by atoms with Gasteiger partial charge in [-0.3, -0.25) is 9.59 Å². The molecular formula is C31H46O4. The molecule has 0 radical (unpaired) electrons. The van der Waals surface area contributed by atoms with Gasteiger partial charge in [0.2, 0.25) is 0 Å². The van der Waals surface area contributed by atoms with E-state index in [1.165, 1.54) is 25.4 Å². The zero-order valence-corrected chi connectivity index (χ0v) is 23.0. The summed E-state index contributed by atoms with van der Waals surface area (Å²) in [6.45, 7) is 13.8.